The Bertz CT molecular complexity index is 779. The Morgan fingerprint density at radius 2 is 2.12 bits per heavy atom. The molecule has 0 aliphatic heterocycles. The van der Waals surface area contributed by atoms with E-state index in [1.54, 1.807) is 13.4 Å². The summed E-state index contributed by atoms with van der Waals surface area (Å²) in [5.41, 5.74) is 1.93. The molecule has 5 nitrogen and oxygen atoms in total. The lowest BCUT2D eigenvalue weighted by atomic mass is 10.1. The molecule has 0 atom stereocenters. The Hall–Kier alpha value is -2.60. The van der Waals surface area contributed by atoms with E-state index < -0.39 is 0 Å². The molecule has 6 heteroatoms. The molecular weight excluding hydrogens is 324 g/mol. The van der Waals surface area contributed by atoms with E-state index in [0.717, 1.165) is 24.3 Å². The highest BCUT2D eigenvalue weighted by Gasteiger charge is 2.09. The van der Waals surface area contributed by atoms with Crippen molar-refractivity contribution in [3.8, 4) is 17.2 Å². The maximum Gasteiger partial charge on any atom is 0.226 e. The number of hydrogen-bond acceptors (Lipinski definition) is 5. The summed E-state index contributed by atoms with van der Waals surface area (Å²) in [6, 6.07) is 11.6. The van der Waals surface area contributed by atoms with Crippen molar-refractivity contribution in [3.63, 3.8) is 0 Å². The van der Waals surface area contributed by atoms with Gasteiger partial charge in [0.15, 0.2) is 10.9 Å². The van der Waals surface area contributed by atoms with E-state index in [9.17, 15) is 4.79 Å². The van der Waals surface area contributed by atoms with E-state index in [0.29, 0.717) is 17.3 Å². The van der Waals surface area contributed by atoms with E-state index in [4.69, 9.17) is 9.15 Å². The summed E-state index contributed by atoms with van der Waals surface area (Å²) in [4.78, 5) is 16.4. The second-order valence-corrected chi connectivity index (χ2v) is 6.12. The van der Waals surface area contributed by atoms with E-state index in [2.05, 4.69) is 10.3 Å². The van der Waals surface area contributed by atoms with Gasteiger partial charge in [-0.1, -0.05) is 12.1 Å². The normalized spacial score (nSPS) is 10.5. The minimum Gasteiger partial charge on any atom is -0.497 e. The first-order valence-corrected chi connectivity index (χ1v) is 8.55. The van der Waals surface area contributed by atoms with Gasteiger partial charge in [-0.15, -0.1) is 11.3 Å². The summed E-state index contributed by atoms with van der Waals surface area (Å²) < 4.78 is 10.4. The Morgan fingerprint density at radius 3 is 2.83 bits per heavy atom. The zero-order chi connectivity index (χ0) is 16.8. The molecule has 3 rings (SSSR count). The minimum atomic E-state index is -0.0242. The number of nitrogens with zero attached hydrogens (tertiary/aromatic N) is 1. The predicted molar refractivity (Wildman–Crippen MR) is 94.4 cm³/mol. The number of methoxy groups -OCH3 is 1. The number of ether oxygens (including phenoxy) is 1. The minimum absolute atomic E-state index is 0.0242. The van der Waals surface area contributed by atoms with Crippen LogP contribution >= 0.6 is 11.3 Å². The summed E-state index contributed by atoms with van der Waals surface area (Å²) in [6.07, 6.45) is 3.70. The highest BCUT2D eigenvalue weighted by atomic mass is 32.1. The van der Waals surface area contributed by atoms with Gasteiger partial charge in [-0.25, -0.2) is 4.98 Å². The molecule has 24 heavy (non-hydrogen) atoms. The second kappa shape index (κ2) is 7.79. The molecule has 1 aromatic carbocycles. The van der Waals surface area contributed by atoms with E-state index in [-0.39, 0.29) is 5.91 Å². The summed E-state index contributed by atoms with van der Waals surface area (Å²) >= 11 is 1.39. The number of anilines is 1. The number of nitrogens with one attached hydrogen (secondary N) is 1. The lowest BCUT2D eigenvalue weighted by molar-refractivity contribution is -0.116. The average molecular weight is 342 g/mol. The number of carbonyl (C=O) groups excluding carboxylic acids is 1. The van der Waals surface area contributed by atoms with Crippen LogP contribution in [0.3, 0.4) is 0 Å². The number of benzene rings is 1. The average Bonchev–Trinajstić information content (AvgIpc) is 3.27. The van der Waals surface area contributed by atoms with Crippen LogP contribution in [0, 0.1) is 0 Å². The Kier molecular flexibility index (Phi) is 5.28. The zero-order valence-electron chi connectivity index (χ0n) is 13.3. The lowest BCUT2D eigenvalue weighted by Gasteiger charge is -2.04. The Labute approximate surface area is 144 Å². The van der Waals surface area contributed by atoms with Crippen LogP contribution in [0.1, 0.15) is 18.4 Å². The highest BCUT2D eigenvalue weighted by Crippen LogP contribution is 2.25. The van der Waals surface area contributed by atoms with Gasteiger partial charge in [0.05, 0.1) is 13.4 Å². The van der Waals surface area contributed by atoms with Crippen molar-refractivity contribution in [3.05, 3.63) is 53.6 Å². The molecule has 0 saturated carbocycles. The number of rotatable bonds is 7. The van der Waals surface area contributed by atoms with Crippen molar-refractivity contribution in [2.75, 3.05) is 12.4 Å². The van der Waals surface area contributed by atoms with Crippen LogP contribution < -0.4 is 10.1 Å². The number of aryl methyl sites for hydroxylation is 1. The Balaban J connectivity index is 1.45. The molecule has 0 fully saturated rings. The van der Waals surface area contributed by atoms with Gasteiger partial charge in [-0.2, -0.15) is 0 Å². The van der Waals surface area contributed by atoms with Gasteiger partial charge in [-0.3, -0.25) is 4.79 Å². The van der Waals surface area contributed by atoms with Crippen LogP contribution in [0.2, 0.25) is 0 Å². The smallest absolute Gasteiger partial charge is 0.226 e. The van der Waals surface area contributed by atoms with Gasteiger partial charge in [0.2, 0.25) is 5.91 Å². The second-order valence-electron chi connectivity index (χ2n) is 5.27. The van der Waals surface area contributed by atoms with Gasteiger partial charge < -0.3 is 14.5 Å². The van der Waals surface area contributed by atoms with Crippen LogP contribution in [0.4, 0.5) is 5.13 Å². The monoisotopic (exact) mass is 342 g/mol. The predicted octanol–water partition coefficient (Wildman–Crippen LogP) is 4.37. The van der Waals surface area contributed by atoms with Gasteiger partial charge in [-0.05, 0) is 42.7 Å². The number of carbonyl (C=O) groups is 1. The van der Waals surface area contributed by atoms with Gasteiger partial charge >= 0.3 is 0 Å². The summed E-state index contributed by atoms with van der Waals surface area (Å²) in [5, 5.41) is 5.30. The number of furan rings is 1. The molecule has 0 aliphatic rings. The topological polar surface area (TPSA) is 64.4 Å². The quantitative estimate of drug-likeness (QED) is 0.692. The summed E-state index contributed by atoms with van der Waals surface area (Å²) in [6.45, 7) is 0. The number of hydrogen-bond donors (Lipinski definition) is 1. The third-order valence-electron chi connectivity index (χ3n) is 3.55. The summed E-state index contributed by atoms with van der Waals surface area (Å²) in [5.74, 6) is 1.52. The first-order valence-electron chi connectivity index (χ1n) is 7.67. The van der Waals surface area contributed by atoms with Crippen molar-refractivity contribution in [2.24, 2.45) is 0 Å². The molecule has 0 bridgehead atoms. The van der Waals surface area contributed by atoms with Crippen molar-refractivity contribution >= 4 is 22.4 Å². The fourth-order valence-electron chi connectivity index (χ4n) is 2.30. The van der Waals surface area contributed by atoms with Crippen LogP contribution in [0.5, 0.6) is 5.75 Å². The third-order valence-corrected chi connectivity index (χ3v) is 4.31. The molecule has 1 N–H and O–H groups in total. The van der Waals surface area contributed by atoms with E-state index in [1.165, 1.54) is 16.9 Å². The largest absolute Gasteiger partial charge is 0.497 e. The van der Waals surface area contributed by atoms with E-state index >= 15 is 0 Å². The van der Waals surface area contributed by atoms with Crippen molar-refractivity contribution < 1.29 is 13.9 Å². The molecule has 0 radical (unpaired) electrons. The molecule has 2 aromatic heterocycles. The van der Waals surface area contributed by atoms with Crippen molar-refractivity contribution in [1.29, 1.82) is 0 Å². The van der Waals surface area contributed by atoms with Crippen LogP contribution in [0.25, 0.3) is 11.5 Å². The standard InChI is InChI=1S/C18H18N2O3S/c1-22-14-9-7-13(8-10-14)4-2-6-17(21)20-18-19-15(12-24-18)16-5-3-11-23-16/h3,5,7-12H,2,4,6H2,1H3,(H,19,20,21). The maximum atomic E-state index is 12.0. The molecule has 3 aromatic rings. The molecule has 124 valence electrons. The molecule has 2 heterocycles. The molecule has 0 aliphatic carbocycles. The fourth-order valence-corrected chi connectivity index (χ4v) is 3.01. The van der Waals surface area contributed by atoms with Crippen LogP contribution in [-0.4, -0.2) is 18.0 Å². The van der Waals surface area contributed by atoms with Crippen LogP contribution in [0.15, 0.2) is 52.5 Å². The van der Waals surface area contributed by atoms with Crippen molar-refractivity contribution in [2.45, 2.75) is 19.3 Å². The number of amides is 1. The number of thiazole rings is 1. The SMILES string of the molecule is COc1ccc(CCCC(=O)Nc2nc(-c3ccco3)cs2)cc1. The third kappa shape index (κ3) is 4.23. The van der Waals surface area contributed by atoms with E-state index in [1.807, 2.05) is 41.8 Å². The van der Waals surface area contributed by atoms with Gasteiger partial charge in [0.1, 0.15) is 11.4 Å². The first-order chi connectivity index (χ1) is 11.7. The molecule has 0 unspecified atom stereocenters. The molecule has 1 amide bonds. The molecular formula is C18H18N2O3S. The number of aromatic nitrogens is 1. The van der Waals surface area contributed by atoms with Crippen molar-refractivity contribution in [1.82, 2.24) is 4.98 Å². The first kappa shape index (κ1) is 16.3. The zero-order valence-corrected chi connectivity index (χ0v) is 14.1. The highest BCUT2D eigenvalue weighted by molar-refractivity contribution is 7.14. The van der Waals surface area contributed by atoms with Gasteiger partial charge in [0, 0.05) is 11.8 Å². The fraction of sp³-hybridized carbons (Fsp3) is 0.222. The van der Waals surface area contributed by atoms with Crippen LogP contribution in [-0.2, 0) is 11.2 Å². The van der Waals surface area contributed by atoms with Gasteiger partial charge in [0.25, 0.3) is 0 Å². The molecule has 0 saturated heterocycles. The molecule has 0 spiro atoms. The maximum absolute atomic E-state index is 12.0. The summed E-state index contributed by atoms with van der Waals surface area (Å²) in [7, 11) is 1.65. The lowest BCUT2D eigenvalue weighted by Crippen LogP contribution is -2.11. The Morgan fingerprint density at radius 1 is 1.29 bits per heavy atom.